The van der Waals surface area contributed by atoms with Crippen molar-refractivity contribution in [2.75, 3.05) is 12.0 Å². The summed E-state index contributed by atoms with van der Waals surface area (Å²) < 4.78 is 65.5. The van der Waals surface area contributed by atoms with E-state index in [1.165, 1.54) is 6.92 Å². The number of nitrogens with zero attached hydrogens (tertiary/aromatic N) is 1. The summed E-state index contributed by atoms with van der Waals surface area (Å²) in [6.07, 6.45) is -3.69. The van der Waals surface area contributed by atoms with Crippen LogP contribution < -0.4 is 10.9 Å². The number of carbonyl (C=O) groups is 1. The molecule has 1 amide bonds. The van der Waals surface area contributed by atoms with Gasteiger partial charge in [0.25, 0.3) is 5.56 Å². The predicted octanol–water partition coefficient (Wildman–Crippen LogP) is 3.50. The predicted molar refractivity (Wildman–Crippen MR) is 85.5 cm³/mol. The van der Waals surface area contributed by atoms with Crippen LogP contribution in [0.15, 0.2) is 17.1 Å². The van der Waals surface area contributed by atoms with E-state index in [-0.39, 0.29) is 12.1 Å². The summed E-state index contributed by atoms with van der Waals surface area (Å²) in [5, 5.41) is -1.94. The second-order valence-corrected chi connectivity index (χ2v) is 7.53. The number of thioether (sulfide) groups is 1. The lowest BCUT2D eigenvalue weighted by molar-refractivity contribution is -0.128. The zero-order chi connectivity index (χ0) is 18.9. The lowest BCUT2D eigenvalue weighted by Gasteiger charge is -2.17. The first-order chi connectivity index (χ1) is 11.5. The Morgan fingerprint density at radius 2 is 2.16 bits per heavy atom. The van der Waals surface area contributed by atoms with Crippen molar-refractivity contribution < 1.29 is 26.7 Å². The Kier molecular flexibility index (Phi) is 6.03. The first-order valence-corrected chi connectivity index (χ1v) is 8.57. The van der Waals surface area contributed by atoms with Crippen LogP contribution >= 0.6 is 23.4 Å². The molecular weight excluding hydrogens is 391 g/mol. The maximum absolute atomic E-state index is 13.7. The first-order valence-electron chi connectivity index (χ1n) is 7.19. The van der Waals surface area contributed by atoms with Crippen molar-refractivity contribution >= 4 is 35.0 Å². The van der Waals surface area contributed by atoms with Gasteiger partial charge in [0.1, 0.15) is 11.9 Å². The van der Waals surface area contributed by atoms with Crippen LogP contribution in [0.4, 0.5) is 27.6 Å². The molecule has 25 heavy (non-hydrogen) atoms. The Morgan fingerprint density at radius 3 is 2.68 bits per heavy atom. The number of aromatic nitrogens is 1. The largest absolute Gasteiger partial charge is 0.402 e. The van der Waals surface area contributed by atoms with Crippen molar-refractivity contribution in [2.45, 2.75) is 41.4 Å². The van der Waals surface area contributed by atoms with Gasteiger partial charge in [0, 0.05) is 12.3 Å². The lowest BCUT2D eigenvalue weighted by atomic mass is 10.1. The van der Waals surface area contributed by atoms with Crippen molar-refractivity contribution in [2.24, 2.45) is 0 Å². The van der Waals surface area contributed by atoms with E-state index in [0.717, 1.165) is 16.8 Å². The van der Waals surface area contributed by atoms with Gasteiger partial charge >= 0.3 is 6.18 Å². The van der Waals surface area contributed by atoms with Crippen LogP contribution in [0.25, 0.3) is 0 Å². The summed E-state index contributed by atoms with van der Waals surface area (Å²) in [4.78, 5) is 23.8. The highest BCUT2D eigenvalue weighted by molar-refractivity contribution is 8.01. The lowest BCUT2D eigenvalue weighted by Crippen LogP contribution is -2.30. The van der Waals surface area contributed by atoms with Crippen molar-refractivity contribution in [3.63, 3.8) is 0 Å². The minimum absolute atomic E-state index is 0.149. The van der Waals surface area contributed by atoms with E-state index < -0.39 is 52.1 Å². The van der Waals surface area contributed by atoms with Gasteiger partial charge < -0.3 is 9.88 Å². The SMILES string of the molecule is CC(CF)n1cc(NC(=O)C2CC(Cl)C(C(F)(F)F)S2)cc(F)c1=O. The van der Waals surface area contributed by atoms with Crippen molar-refractivity contribution in [1.29, 1.82) is 0 Å². The first kappa shape index (κ1) is 20.0. The van der Waals surface area contributed by atoms with Crippen LogP contribution in [0.5, 0.6) is 0 Å². The maximum Gasteiger partial charge on any atom is 0.402 e. The molecule has 4 nitrogen and oxygen atoms in total. The number of anilines is 1. The second-order valence-electron chi connectivity index (χ2n) is 5.62. The van der Waals surface area contributed by atoms with E-state index in [2.05, 4.69) is 5.32 Å². The van der Waals surface area contributed by atoms with Crippen LogP contribution in [-0.4, -0.2) is 39.2 Å². The van der Waals surface area contributed by atoms with Crippen molar-refractivity contribution in [3.8, 4) is 0 Å². The van der Waals surface area contributed by atoms with Gasteiger partial charge in [-0.15, -0.1) is 23.4 Å². The van der Waals surface area contributed by atoms with E-state index >= 15 is 0 Å². The molecule has 1 N–H and O–H groups in total. The number of rotatable bonds is 4. The number of hydrogen-bond acceptors (Lipinski definition) is 3. The molecule has 2 rings (SSSR count). The topological polar surface area (TPSA) is 51.1 Å². The van der Waals surface area contributed by atoms with Crippen molar-refractivity contribution in [1.82, 2.24) is 4.57 Å². The quantitative estimate of drug-likeness (QED) is 0.617. The zero-order valence-corrected chi connectivity index (χ0v) is 14.4. The number of pyridine rings is 1. The average Bonchev–Trinajstić information content (AvgIpc) is 2.92. The van der Waals surface area contributed by atoms with Gasteiger partial charge in [0.2, 0.25) is 5.91 Å². The summed E-state index contributed by atoms with van der Waals surface area (Å²) >= 11 is 6.05. The minimum atomic E-state index is -4.54. The molecule has 1 aliphatic rings. The normalized spacial score (nSPS) is 25.0. The number of amides is 1. The molecule has 4 atom stereocenters. The molecular formula is C14H14ClF5N2O2S. The molecule has 0 bridgehead atoms. The van der Waals surface area contributed by atoms with E-state index in [1.807, 2.05) is 0 Å². The van der Waals surface area contributed by atoms with Gasteiger partial charge in [-0.3, -0.25) is 9.59 Å². The minimum Gasteiger partial charge on any atom is -0.324 e. The summed E-state index contributed by atoms with van der Waals surface area (Å²) in [5.41, 5.74) is -1.21. The summed E-state index contributed by atoms with van der Waals surface area (Å²) in [6, 6.07) is -0.220. The molecule has 0 aliphatic carbocycles. The van der Waals surface area contributed by atoms with Gasteiger partial charge in [0.15, 0.2) is 5.82 Å². The van der Waals surface area contributed by atoms with Crippen LogP contribution in [0.1, 0.15) is 19.4 Å². The number of alkyl halides is 5. The van der Waals surface area contributed by atoms with Gasteiger partial charge in [0.05, 0.1) is 22.4 Å². The van der Waals surface area contributed by atoms with E-state index in [4.69, 9.17) is 11.6 Å². The molecule has 0 aromatic carbocycles. The zero-order valence-electron chi connectivity index (χ0n) is 12.8. The van der Waals surface area contributed by atoms with Gasteiger partial charge in [-0.05, 0) is 13.3 Å². The van der Waals surface area contributed by atoms with E-state index in [0.29, 0.717) is 11.8 Å². The Balaban J connectivity index is 2.16. The Hall–Kier alpha value is -1.29. The molecule has 0 spiro atoms. The number of halogens is 6. The van der Waals surface area contributed by atoms with Gasteiger partial charge in [-0.2, -0.15) is 13.2 Å². The van der Waals surface area contributed by atoms with Crippen LogP contribution in [0, 0.1) is 5.82 Å². The Morgan fingerprint density at radius 1 is 1.52 bits per heavy atom. The molecule has 140 valence electrons. The molecule has 1 aromatic rings. The molecule has 0 radical (unpaired) electrons. The molecule has 11 heteroatoms. The molecule has 1 saturated heterocycles. The Labute approximate surface area is 148 Å². The second kappa shape index (κ2) is 7.53. The third-order valence-electron chi connectivity index (χ3n) is 3.66. The molecule has 1 aromatic heterocycles. The third-order valence-corrected chi connectivity index (χ3v) is 5.86. The molecule has 4 unspecified atom stereocenters. The van der Waals surface area contributed by atoms with Gasteiger partial charge in [-0.1, -0.05) is 0 Å². The summed E-state index contributed by atoms with van der Waals surface area (Å²) in [6.45, 7) is 0.404. The Bertz CT molecular complexity index is 711. The molecule has 1 aliphatic heterocycles. The fraction of sp³-hybridized carbons (Fsp3) is 0.571. The molecule has 2 heterocycles. The fourth-order valence-corrected chi connectivity index (χ4v) is 4.25. The van der Waals surface area contributed by atoms with Crippen molar-refractivity contribution in [3.05, 3.63) is 28.4 Å². The molecule has 0 saturated carbocycles. The smallest absolute Gasteiger partial charge is 0.324 e. The number of nitrogens with one attached hydrogen (secondary N) is 1. The highest BCUT2D eigenvalue weighted by Crippen LogP contribution is 2.45. The highest BCUT2D eigenvalue weighted by atomic mass is 35.5. The number of carbonyl (C=O) groups excluding carboxylic acids is 1. The third kappa shape index (κ3) is 4.46. The monoisotopic (exact) mass is 404 g/mol. The molecule has 1 fully saturated rings. The summed E-state index contributed by atoms with van der Waals surface area (Å²) in [5.74, 6) is -2.00. The van der Waals surface area contributed by atoms with E-state index in [1.54, 1.807) is 0 Å². The highest BCUT2D eigenvalue weighted by Gasteiger charge is 2.52. The number of hydrogen-bond donors (Lipinski definition) is 1. The summed E-state index contributed by atoms with van der Waals surface area (Å²) in [7, 11) is 0. The fourth-order valence-electron chi connectivity index (χ4n) is 2.36. The van der Waals surface area contributed by atoms with E-state index in [9.17, 15) is 31.5 Å². The maximum atomic E-state index is 13.7. The van der Waals surface area contributed by atoms with Gasteiger partial charge in [-0.25, -0.2) is 8.78 Å². The standard InChI is InChI=1S/C14H14ClF5N2O2S/c1-6(4-16)22-5-7(2-9(17)13(22)24)21-12(23)10-3-8(15)11(25-10)14(18,19)20/h2,5-6,8,10-11H,3-4H2,1H3,(H,21,23). The van der Waals surface area contributed by atoms with Crippen LogP contribution in [0.3, 0.4) is 0 Å². The van der Waals surface area contributed by atoms with Crippen LogP contribution in [0.2, 0.25) is 0 Å². The average molecular weight is 405 g/mol. The van der Waals surface area contributed by atoms with Crippen LogP contribution in [-0.2, 0) is 4.79 Å².